The van der Waals surface area contributed by atoms with E-state index in [2.05, 4.69) is 10.6 Å². The van der Waals surface area contributed by atoms with Crippen LogP contribution in [-0.2, 0) is 11.3 Å². The predicted molar refractivity (Wildman–Crippen MR) is 74.0 cm³/mol. The minimum atomic E-state index is 0. The van der Waals surface area contributed by atoms with Crippen molar-refractivity contribution >= 4 is 41.3 Å². The van der Waals surface area contributed by atoms with E-state index in [0.29, 0.717) is 6.54 Å². The molecule has 96 valence electrons. The van der Waals surface area contributed by atoms with Gasteiger partial charge in [-0.3, -0.25) is 4.79 Å². The molecule has 1 fully saturated rings. The fourth-order valence-electron chi connectivity index (χ4n) is 1.85. The number of nitrogens with one attached hydrogen (secondary N) is 2. The Kier molecular flexibility index (Phi) is 6.27. The lowest BCUT2D eigenvalue weighted by Crippen LogP contribution is -2.37. The highest BCUT2D eigenvalue weighted by Gasteiger charge is 2.20. The first-order valence-electron chi connectivity index (χ1n) is 5.48. The lowest BCUT2D eigenvalue weighted by molar-refractivity contribution is -0.125. The van der Waals surface area contributed by atoms with Crippen LogP contribution in [0, 0.1) is 5.92 Å². The number of halogens is 2. The minimum Gasteiger partial charge on any atom is -0.351 e. The number of hydrogen-bond donors (Lipinski definition) is 2. The maximum Gasteiger partial charge on any atom is 0.223 e. The molecule has 0 bridgehead atoms. The molecule has 1 aliphatic rings. The third kappa shape index (κ3) is 4.47. The molecule has 1 aromatic heterocycles. The fraction of sp³-hybridized carbons (Fsp3) is 0.545. The molecule has 1 aromatic rings. The molecule has 2 N–H and O–H groups in total. The van der Waals surface area contributed by atoms with Gasteiger partial charge in [-0.25, -0.2) is 0 Å². The molecular weight excluding hydrogens is 279 g/mol. The molecule has 2 heterocycles. The van der Waals surface area contributed by atoms with Crippen molar-refractivity contribution < 1.29 is 4.79 Å². The number of amides is 1. The van der Waals surface area contributed by atoms with Gasteiger partial charge >= 0.3 is 0 Å². The summed E-state index contributed by atoms with van der Waals surface area (Å²) in [7, 11) is 0. The molecule has 0 aliphatic carbocycles. The molecular formula is C11H16Cl2N2OS. The first-order valence-corrected chi connectivity index (χ1v) is 6.68. The van der Waals surface area contributed by atoms with Gasteiger partial charge in [0.15, 0.2) is 0 Å². The van der Waals surface area contributed by atoms with E-state index in [9.17, 15) is 4.79 Å². The van der Waals surface area contributed by atoms with E-state index in [1.54, 1.807) is 0 Å². The van der Waals surface area contributed by atoms with Crippen molar-refractivity contribution in [1.29, 1.82) is 0 Å². The van der Waals surface area contributed by atoms with Crippen molar-refractivity contribution in [1.82, 2.24) is 10.6 Å². The Morgan fingerprint density at radius 1 is 1.47 bits per heavy atom. The van der Waals surface area contributed by atoms with Crippen LogP contribution in [0.15, 0.2) is 12.1 Å². The summed E-state index contributed by atoms with van der Waals surface area (Å²) in [6.45, 7) is 2.49. The van der Waals surface area contributed by atoms with Crippen LogP contribution in [-0.4, -0.2) is 19.0 Å². The molecule has 0 saturated carbocycles. The van der Waals surface area contributed by atoms with Gasteiger partial charge in [-0.1, -0.05) is 11.6 Å². The van der Waals surface area contributed by atoms with Gasteiger partial charge in [-0.2, -0.15) is 0 Å². The van der Waals surface area contributed by atoms with Gasteiger partial charge < -0.3 is 10.6 Å². The molecule has 17 heavy (non-hydrogen) atoms. The summed E-state index contributed by atoms with van der Waals surface area (Å²) in [5, 5.41) is 6.22. The van der Waals surface area contributed by atoms with Crippen LogP contribution in [0.1, 0.15) is 17.7 Å². The van der Waals surface area contributed by atoms with E-state index >= 15 is 0 Å². The Balaban J connectivity index is 0.00000144. The number of carbonyl (C=O) groups is 1. The topological polar surface area (TPSA) is 41.1 Å². The van der Waals surface area contributed by atoms with Crippen molar-refractivity contribution in [2.75, 3.05) is 13.1 Å². The van der Waals surface area contributed by atoms with Crippen LogP contribution in [0.5, 0.6) is 0 Å². The summed E-state index contributed by atoms with van der Waals surface area (Å²) in [6, 6.07) is 3.81. The second-order valence-electron chi connectivity index (χ2n) is 3.95. The third-order valence-corrected chi connectivity index (χ3v) is 4.01. The van der Waals surface area contributed by atoms with Crippen LogP contribution >= 0.6 is 35.3 Å². The highest BCUT2D eigenvalue weighted by molar-refractivity contribution is 7.16. The van der Waals surface area contributed by atoms with Crippen molar-refractivity contribution in [3.8, 4) is 0 Å². The largest absolute Gasteiger partial charge is 0.351 e. The zero-order valence-electron chi connectivity index (χ0n) is 9.37. The summed E-state index contributed by atoms with van der Waals surface area (Å²) < 4.78 is 0.770. The molecule has 3 nitrogen and oxygen atoms in total. The van der Waals surface area contributed by atoms with Gasteiger partial charge in [0.2, 0.25) is 5.91 Å². The van der Waals surface area contributed by atoms with Crippen LogP contribution in [0.3, 0.4) is 0 Å². The van der Waals surface area contributed by atoms with Gasteiger partial charge in [-0.05, 0) is 38.1 Å². The standard InChI is InChI=1S/C11H15ClN2OS.ClH/c12-10-2-1-9(16-10)7-14-11(15)8-3-5-13-6-4-8;/h1-2,8,13H,3-7H2,(H,14,15);1H. The summed E-state index contributed by atoms with van der Waals surface area (Å²) in [5.74, 6) is 0.350. The van der Waals surface area contributed by atoms with E-state index < -0.39 is 0 Å². The van der Waals surface area contributed by atoms with E-state index in [1.807, 2.05) is 12.1 Å². The zero-order chi connectivity index (χ0) is 11.4. The second kappa shape index (κ2) is 7.21. The molecule has 6 heteroatoms. The van der Waals surface area contributed by atoms with Crippen LogP contribution in [0.25, 0.3) is 0 Å². The van der Waals surface area contributed by atoms with Gasteiger partial charge in [0.05, 0.1) is 10.9 Å². The summed E-state index contributed by atoms with van der Waals surface area (Å²) in [6.07, 6.45) is 1.88. The molecule has 0 atom stereocenters. The van der Waals surface area contributed by atoms with Gasteiger partial charge in [-0.15, -0.1) is 23.7 Å². The Morgan fingerprint density at radius 3 is 2.76 bits per heavy atom. The first kappa shape index (κ1) is 14.8. The zero-order valence-corrected chi connectivity index (χ0v) is 11.8. The van der Waals surface area contributed by atoms with Crippen LogP contribution in [0.2, 0.25) is 4.34 Å². The molecule has 1 saturated heterocycles. The molecule has 0 radical (unpaired) electrons. The Morgan fingerprint density at radius 2 is 2.18 bits per heavy atom. The Bertz CT molecular complexity index is 364. The smallest absolute Gasteiger partial charge is 0.223 e. The maximum atomic E-state index is 11.8. The van der Waals surface area contributed by atoms with E-state index in [4.69, 9.17) is 11.6 Å². The van der Waals surface area contributed by atoms with Crippen molar-refractivity contribution in [2.45, 2.75) is 19.4 Å². The second-order valence-corrected chi connectivity index (χ2v) is 5.75. The molecule has 0 unspecified atom stereocenters. The van der Waals surface area contributed by atoms with Crippen LogP contribution < -0.4 is 10.6 Å². The average Bonchev–Trinajstić information content (AvgIpc) is 2.73. The average molecular weight is 295 g/mol. The Labute approximate surface area is 116 Å². The molecule has 2 rings (SSSR count). The highest BCUT2D eigenvalue weighted by atomic mass is 35.5. The molecule has 0 spiro atoms. The molecule has 0 aromatic carbocycles. The van der Waals surface area contributed by atoms with Crippen molar-refractivity contribution in [2.24, 2.45) is 5.92 Å². The number of piperidine rings is 1. The number of rotatable bonds is 3. The first-order chi connectivity index (χ1) is 7.75. The SMILES string of the molecule is Cl.O=C(NCc1ccc(Cl)s1)C1CCNCC1. The van der Waals surface area contributed by atoms with Crippen molar-refractivity contribution in [3.05, 3.63) is 21.3 Å². The third-order valence-electron chi connectivity index (χ3n) is 2.78. The minimum absolute atomic E-state index is 0. The highest BCUT2D eigenvalue weighted by Crippen LogP contribution is 2.21. The van der Waals surface area contributed by atoms with Gasteiger partial charge in [0, 0.05) is 10.8 Å². The maximum absolute atomic E-state index is 11.8. The summed E-state index contributed by atoms with van der Waals surface area (Å²) in [5.41, 5.74) is 0. The monoisotopic (exact) mass is 294 g/mol. The predicted octanol–water partition coefficient (Wildman–Crippen LogP) is 2.44. The lowest BCUT2D eigenvalue weighted by Gasteiger charge is -2.21. The Hall–Kier alpha value is -0.290. The van der Waals surface area contributed by atoms with Gasteiger partial charge in [0.1, 0.15) is 0 Å². The number of thiophene rings is 1. The number of hydrogen-bond acceptors (Lipinski definition) is 3. The van der Waals surface area contributed by atoms with E-state index in [-0.39, 0.29) is 24.2 Å². The van der Waals surface area contributed by atoms with Crippen molar-refractivity contribution in [3.63, 3.8) is 0 Å². The van der Waals surface area contributed by atoms with Crippen LogP contribution in [0.4, 0.5) is 0 Å². The summed E-state index contributed by atoms with van der Waals surface area (Å²) in [4.78, 5) is 12.9. The molecule has 1 aliphatic heterocycles. The summed E-state index contributed by atoms with van der Waals surface area (Å²) >= 11 is 7.34. The van der Waals surface area contributed by atoms with E-state index in [1.165, 1.54) is 11.3 Å². The number of carbonyl (C=O) groups excluding carboxylic acids is 1. The quantitative estimate of drug-likeness (QED) is 0.899. The van der Waals surface area contributed by atoms with Gasteiger partial charge in [0.25, 0.3) is 0 Å². The fourth-order valence-corrected chi connectivity index (χ4v) is 2.88. The molecule has 1 amide bonds. The van der Waals surface area contributed by atoms with E-state index in [0.717, 1.165) is 35.1 Å². The lowest BCUT2D eigenvalue weighted by atomic mass is 9.97. The normalized spacial score (nSPS) is 16.3.